The fourth-order valence-electron chi connectivity index (χ4n) is 2.60. The van der Waals surface area contributed by atoms with Crippen molar-refractivity contribution in [3.8, 4) is 5.75 Å². The quantitative estimate of drug-likeness (QED) is 0.693. The van der Waals surface area contributed by atoms with Crippen LogP contribution in [0.5, 0.6) is 5.75 Å². The van der Waals surface area contributed by atoms with Gasteiger partial charge in [-0.1, -0.05) is 6.07 Å². The summed E-state index contributed by atoms with van der Waals surface area (Å²) < 4.78 is 31.3. The van der Waals surface area contributed by atoms with E-state index in [2.05, 4.69) is 10.3 Å². The number of imidazole rings is 1. The number of anilines is 2. The lowest BCUT2D eigenvalue weighted by Crippen LogP contribution is -2.23. The highest BCUT2D eigenvalue weighted by Crippen LogP contribution is 2.25. The molecular formula is C18H20N4O4S. The summed E-state index contributed by atoms with van der Waals surface area (Å²) in [6.45, 7) is 3.13. The number of nitrogens with two attached hydrogens (primary N) is 1. The van der Waals surface area contributed by atoms with Gasteiger partial charge < -0.3 is 15.8 Å². The van der Waals surface area contributed by atoms with E-state index in [-0.39, 0.29) is 11.9 Å². The number of ether oxygens (including phenoxy) is 1. The van der Waals surface area contributed by atoms with Gasteiger partial charge in [-0.2, -0.15) is 0 Å². The van der Waals surface area contributed by atoms with Gasteiger partial charge in [-0.05, 0) is 50.2 Å². The summed E-state index contributed by atoms with van der Waals surface area (Å²) >= 11 is 0. The summed E-state index contributed by atoms with van der Waals surface area (Å²) in [6.07, 6.45) is 0. The van der Waals surface area contributed by atoms with Crippen molar-refractivity contribution in [1.82, 2.24) is 8.96 Å². The topological polar surface area (TPSA) is 116 Å². The first-order valence-corrected chi connectivity index (χ1v) is 9.72. The zero-order chi connectivity index (χ0) is 19.8. The van der Waals surface area contributed by atoms with E-state index in [0.717, 1.165) is 3.97 Å². The number of carbonyl (C=O) groups excluding carboxylic acids is 1. The smallest absolute Gasteiger partial charge is 0.255 e. The molecular weight excluding hydrogens is 368 g/mol. The number of nitrogens with one attached hydrogen (secondary N) is 1. The first-order valence-electron chi connectivity index (χ1n) is 8.22. The van der Waals surface area contributed by atoms with Crippen molar-refractivity contribution in [3.05, 3.63) is 48.0 Å². The molecule has 2 aromatic carbocycles. The Morgan fingerprint density at radius 3 is 2.63 bits per heavy atom. The molecule has 0 radical (unpaired) electrons. The van der Waals surface area contributed by atoms with Gasteiger partial charge in [-0.15, -0.1) is 0 Å². The first-order chi connectivity index (χ1) is 12.7. The molecule has 0 unspecified atom stereocenters. The Hall–Kier alpha value is -3.07. The lowest BCUT2D eigenvalue weighted by atomic mass is 10.2. The van der Waals surface area contributed by atoms with Crippen molar-refractivity contribution >= 4 is 38.6 Å². The van der Waals surface area contributed by atoms with Crippen molar-refractivity contribution in [2.45, 2.75) is 19.1 Å². The van der Waals surface area contributed by atoms with E-state index in [9.17, 15) is 13.2 Å². The zero-order valence-electron chi connectivity index (χ0n) is 15.1. The standard InChI is InChI=1S/C18H20N4O4S/c1-11(2)27(24,25)22-16-10-13(7-8-15(16)21-18(22)19)20-17(23)12-5-4-6-14(9-12)26-3/h4-11H,1-3H3,(H2,19,21)(H,20,23). The van der Waals surface area contributed by atoms with E-state index in [4.69, 9.17) is 10.5 Å². The maximum absolute atomic E-state index is 12.6. The number of amides is 1. The Bertz CT molecular complexity index is 1120. The minimum absolute atomic E-state index is 0.116. The Morgan fingerprint density at radius 2 is 1.96 bits per heavy atom. The van der Waals surface area contributed by atoms with Crippen LogP contribution in [0.4, 0.5) is 11.6 Å². The molecule has 3 N–H and O–H groups in total. The van der Waals surface area contributed by atoms with Gasteiger partial charge in [-0.25, -0.2) is 17.4 Å². The van der Waals surface area contributed by atoms with Crippen LogP contribution < -0.4 is 15.8 Å². The summed E-state index contributed by atoms with van der Waals surface area (Å²) in [6, 6.07) is 11.5. The monoisotopic (exact) mass is 388 g/mol. The number of methoxy groups -OCH3 is 1. The van der Waals surface area contributed by atoms with Crippen molar-refractivity contribution in [3.63, 3.8) is 0 Å². The normalized spacial score (nSPS) is 11.7. The second-order valence-corrected chi connectivity index (χ2v) is 8.56. The molecule has 0 aliphatic carbocycles. The van der Waals surface area contributed by atoms with Crippen LogP contribution in [0.3, 0.4) is 0 Å². The molecule has 3 rings (SSSR count). The third-order valence-electron chi connectivity index (χ3n) is 4.08. The zero-order valence-corrected chi connectivity index (χ0v) is 15.9. The van der Waals surface area contributed by atoms with E-state index in [1.165, 1.54) is 13.2 Å². The molecule has 0 bridgehead atoms. The van der Waals surface area contributed by atoms with E-state index in [0.29, 0.717) is 28.0 Å². The number of benzene rings is 2. The van der Waals surface area contributed by atoms with Crippen LogP contribution >= 0.6 is 0 Å². The van der Waals surface area contributed by atoms with Gasteiger partial charge in [0.25, 0.3) is 5.91 Å². The van der Waals surface area contributed by atoms with Gasteiger partial charge in [0.15, 0.2) is 0 Å². The molecule has 142 valence electrons. The molecule has 3 aromatic rings. The third-order valence-corrected chi connectivity index (χ3v) is 6.16. The third kappa shape index (κ3) is 3.45. The number of carbonyl (C=O) groups is 1. The maximum Gasteiger partial charge on any atom is 0.255 e. The van der Waals surface area contributed by atoms with Crippen LogP contribution in [-0.4, -0.2) is 35.6 Å². The van der Waals surface area contributed by atoms with E-state index in [1.807, 2.05) is 0 Å². The fraction of sp³-hybridized carbons (Fsp3) is 0.222. The molecule has 8 nitrogen and oxygen atoms in total. The minimum atomic E-state index is -3.70. The summed E-state index contributed by atoms with van der Waals surface area (Å²) in [4.78, 5) is 16.6. The van der Waals surface area contributed by atoms with Gasteiger partial charge in [0.1, 0.15) is 5.75 Å². The molecule has 0 fully saturated rings. The lowest BCUT2D eigenvalue weighted by Gasteiger charge is -2.12. The average Bonchev–Trinajstić information content (AvgIpc) is 2.97. The highest BCUT2D eigenvalue weighted by molar-refractivity contribution is 7.90. The summed E-state index contributed by atoms with van der Waals surface area (Å²) in [7, 11) is -2.18. The van der Waals surface area contributed by atoms with Crippen LogP contribution in [0.1, 0.15) is 24.2 Å². The van der Waals surface area contributed by atoms with Crippen molar-refractivity contribution in [2.75, 3.05) is 18.2 Å². The largest absolute Gasteiger partial charge is 0.497 e. The summed E-state index contributed by atoms with van der Waals surface area (Å²) in [5, 5.41) is 2.07. The SMILES string of the molecule is COc1cccc(C(=O)Nc2ccc3nc(N)n(S(=O)(=O)C(C)C)c3c2)c1. The van der Waals surface area contributed by atoms with Gasteiger partial charge >= 0.3 is 0 Å². The second-order valence-electron chi connectivity index (χ2n) is 6.22. The maximum atomic E-state index is 12.6. The van der Waals surface area contributed by atoms with Gasteiger partial charge in [0.2, 0.25) is 16.0 Å². The number of aromatic nitrogens is 2. The molecule has 27 heavy (non-hydrogen) atoms. The van der Waals surface area contributed by atoms with Crippen LogP contribution in [0.2, 0.25) is 0 Å². The minimum Gasteiger partial charge on any atom is -0.497 e. The van der Waals surface area contributed by atoms with Crippen molar-refractivity contribution in [1.29, 1.82) is 0 Å². The van der Waals surface area contributed by atoms with Gasteiger partial charge in [-0.3, -0.25) is 4.79 Å². The number of rotatable bonds is 5. The van der Waals surface area contributed by atoms with Crippen LogP contribution in [0, 0.1) is 0 Å². The number of fused-ring (bicyclic) bond motifs is 1. The highest BCUT2D eigenvalue weighted by atomic mass is 32.2. The van der Waals surface area contributed by atoms with Crippen LogP contribution in [0.15, 0.2) is 42.5 Å². The predicted molar refractivity (Wildman–Crippen MR) is 105 cm³/mol. The Kier molecular flexibility index (Phi) is 4.79. The Morgan fingerprint density at radius 1 is 1.22 bits per heavy atom. The molecule has 0 saturated heterocycles. The number of hydrogen-bond donors (Lipinski definition) is 2. The second kappa shape index (κ2) is 6.92. The molecule has 0 atom stereocenters. The summed E-state index contributed by atoms with van der Waals surface area (Å²) in [5.41, 5.74) is 7.40. The fourth-order valence-corrected chi connectivity index (χ4v) is 3.74. The van der Waals surface area contributed by atoms with E-state index >= 15 is 0 Å². The molecule has 0 aliphatic heterocycles. The lowest BCUT2D eigenvalue weighted by molar-refractivity contribution is 0.102. The highest BCUT2D eigenvalue weighted by Gasteiger charge is 2.24. The molecule has 0 spiro atoms. The molecule has 1 heterocycles. The van der Waals surface area contributed by atoms with Gasteiger partial charge in [0, 0.05) is 11.3 Å². The Labute approximate surface area is 157 Å². The summed E-state index contributed by atoms with van der Waals surface area (Å²) in [5.74, 6) is 0.0981. The average molecular weight is 388 g/mol. The number of hydrogen-bond acceptors (Lipinski definition) is 6. The van der Waals surface area contributed by atoms with Crippen LogP contribution in [-0.2, 0) is 10.0 Å². The predicted octanol–water partition coefficient (Wildman–Crippen LogP) is 2.47. The van der Waals surface area contributed by atoms with E-state index in [1.54, 1.807) is 50.2 Å². The number of nitrogens with zero attached hydrogens (tertiary/aromatic N) is 2. The molecule has 9 heteroatoms. The number of nitrogen functional groups attached to an aromatic ring is 1. The van der Waals surface area contributed by atoms with Crippen molar-refractivity contribution < 1.29 is 17.9 Å². The Balaban J connectivity index is 2.00. The molecule has 1 amide bonds. The van der Waals surface area contributed by atoms with E-state index < -0.39 is 15.3 Å². The van der Waals surface area contributed by atoms with Crippen LogP contribution in [0.25, 0.3) is 11.0 Å². The first kappa shape index (κ1) is 18.7. The van der Waals surface area contributed by atoms with Crippen molar-refractivity contribution in [2.24, 2.45) is 0 Å². The molecule has 0 saturated carbocycles. The molecule has 1 aromatic heterocycles. The molecule has 0 aliphatic rings. The van der Waals surface area contributed by atoms with Gasteiger partial charge in [0.05, 0.1) is 23.4 Å².